The number of nitrogens with one attached hydrogen (secondary N) is 1. The van der Waals surface area contributed by atoms with Crippen molar-refractivity contribution in [2.45, 2.75) is 12.5 Å². The number of hydrogen-bond donors (Lipinski definition) is 1. The van der Waals surface area contributed by atoms with Crippen LogP contribution in [0.3, 0.4) is 0 Å². The number of aromatic amines is 1. The molecule has 4 nitrogen and oxygen atoms in total. The van der Waals surface area contributed by atoms with Gasteiger partial charge in [-0.3, -0.25) is 0 Å². The molecule has 0 bridgehead atoms. The van der Waals surface area contributed by atoms with Crippen molar-refractivity contribution < 1.29 is 9.47 Å². The van der Waals surface area contributed by atoms with E-state index in [0.717, 1.165) is 29.8 Å². The normalized spacial score (nSPS) is 20.9. The first-order valence-electron chi connectivity index (χ1n) is 5.09. The van der Waals surface area contributed by atoms with Gasteiger partial charge in [-0.15, -0.1) is 0 Å². The van der Waals surface area contributed by atoms with Crippen molar-refractivity contribution in [3.63, 3.8) is 0 Å². The maximum atomic E-state index is 5.75. The molecule has 1 N–H and O–H groups in total. The van der Waals surface area contributed by atoms with Gasteiger partial charge in [-0.05, 0) is 12.1 Å². The van der Waals surface area contributed by atoms with Crippen LogP contribution in [0.15, 0.2) is 24.5 Å². The van der Waals surface area contributed by atoms with Crippen LogP contribution >= 0.6 is 0 Å². The van der Waals surface area contributed by atoms with E-state index in [1.54, 1.807) is 6.20 Å². The van der Waals surface area contributed by atoms with Crippen LogP contribution < -0.4 is 4.74 Å². The van der Waals surface area contributed by atoms with Gasteiger partial charge < -0.3 is 14.5 Å². The van der Waals surface area contributed by atoms with Gasteiger partial charge in [-0.2, -0.15) is 0 Å². The van der Waals surface area contributed by atoms with E-state index >= 15 is 0 Å². The van der Waals surface area contributed by atoms with Crippen LogP contribution in [0.5, 0.6) is 5.75 Å². The third-order valence-corrected chi connectivity index (χ3v) is 2.57. The number of pyridine rings is 1. The summed E-state index contributed by atoms with van der Waals surface area (Å²) >= 11 is 0. The monoisotopic (exact) mass is 204 g/mol. The molecule has 1 fully saturated rings. The summed E-state index contributed by atoms with van der Waals surface area (Å²) in [5, 5.41) is 1.08. The summed E-state index contributed by atoms with van der Waals surface area (Å²) in [7, 11) is 0. The minimum atomic E-state index is 0.184. The third kappa shape index (κ3) is 1.68. The molecule has 4 heteroatoms. The van der Waals surface area contributed by atoms with E-state index in [1.807, 2.05) is 18.3 Å². The van der Waals surface area contributed by atoms with E-state index in [4.69, 9.17) is 9.47 Å². The second-order valence-corrected chi connectivity index (χ2v) is 3.69. The minimum Gasteiger partial charge on any atom is -0.486 e. The predicted octanol–water partition coefficient (Wildman–Crippen LogP) is 1.73. The van der Waals surface area contributed by atoms with Crippen LogP contribution in [0.25, 0.3) is 11.0 Å². The zero-order valence-electron chi connectivity index (χ0n) is 8.27. The highest BCUT2D eigenvalue weighted by atomic mass is 16.5. The first kappa shape index (κ1) is 8.73. The Balaban J connectivity index is 1.84. The Bertz CT molecular complexity index is 460. The second kappa shape index (κ2) is 3.55. The van der Waals surface area contributed by atoms with Gasteiger partial charge in [0.2, 0.25) is 0 Å². The molecule has 2 aromatic heterocycles. The molecule has 1 atom stereocenters. The third-order valence-electron chi connectivity index (χ3n) is 2.57. The van der Waals surface area contributed by atoms with Gasteiger partial charge in [0.15, 0.2) is 0 Å². The van der Waals surface area contributed by atoms with Gasteiger partial charge in [-0.25, -0.2) is 4.98 Å². The zero-order valence-corrected chi connectivity index (χ0v) is 8.27. The predicted molar refractivity (Wildman–Crippen MR) is 55.9 cm³/mol. The van der Waals surface area contributed by atoms with Crippen molar-refractivity contribution in [2.24, 2.45) is 0 Å². The molecule has 0 amide bonds. The average molecular weight is 204 g/mol. The smallest absolute Gasteiger partial charge is 0.138 e. The molecule has 1 aliphatic rings. The molecule has 2 aromatic rings. The van der Waals surface area contributed by atoms with Crippen molar-refractivity contribution in [2.75, 3.05) is 13.2 Å². The van der Waals surface area contributed by atoms with Crippen LogP contribution in [-0.4, -0.2) is 29.3 Å². The van der Waals surface area contributed by atoms with E-state index in [2.05, 4.69) is 9.97 Å². The summed E-state index contributed by atoms with van der Waals surface area (Å²) in [6, 6.07) is 3.98. The minimum absolute atomic E-state index is 0.184. The Kier molecular flexibility index (Phi) is 2.07. The molecule has 0 saturated carbocycles. The lowest BCUT2D eigenvalue weighted by atomic mass is 10.3. The van der Waals surface area contributed by atoms with Gasteiger partial charge in [0, 0.05) is 18.0 Å². The van der Waals surface area contributed by atoms with Gasteiger partial charge in [0.1, 0.15) is 17.5 Å². The van der Waals surface area contributed by atoms with E-state index in [1.165, 1.54) is 0 Å². The molecular formula is C11H12N2O2. The van der Waals surface area contributed by atoms with Gasteiger partial charge in [0.05, 0.1) is 19.4 Å². The van der Waals surface area contributed by atoms with E-state index in [9.17, 15) is 0 Å². The molecule has 1 saturated heterocycles. The van der Waals surface area contributed by atoms with E-state index < -0.39 is 0 Å². The summed E-state index contributed by atoms with van der Waals surface area (Å²) in [5.41, 5.74) is 0.894. The Labute approximate surface area is 87.2 Å². The number of rotatable bonds is 2. The quantitative estimate of drug-likeness (QED) is 0.810. The lowest BCUT2D eigenvalue weighted by molar-refractivity contribution is 0.141. The van der Waals surface area contributed by atoms with Crippen LogP contribution in [-0.2, 0) is 4.74 Å². The van der Waals surface area contributed by atoms with Gasteiger partial charge in [0.25, 0.3) is 0 Å². The number of aromatic nitrogens is 2. The molecule has 0 aliphatic carbocycles. The Morgan fingerprint density at radius 3 is 3.40 bits per heavy atom. The molecule has 0 unspecified atom stereocenters. The van der Waals surface area contributed by atoms with Crippen molar-refractivity contribution in [1.29, 1.82) is 0 Å². The molecule has 3 rings (SSSR count). The fourth-order valence-corrected chi connectivity index (χ4v) is 1.78. The highest BCUT2D eigenvalue weighted by Gasteiger charge is 2.17. The topological polar surface area (TPSA) is 47.1 Å². The van der Waals surface area contributed by atoms with Crippen LogP contribution in [0.1, 0.15) is 6.42 Å². The number of H-pyrrole nitrogens is 1. The highest BCUT2D eigenvalue weighted by Crippen LogP contribution is 2.20. The molecule has 15 heavy (non-hydrogen) atoms. The summed E-state index contributed by atoms with van der Waals surface area (Å²) < 4.78 is 11.0. The first-order chi connectivity index (χ1) is 7.42. The molecule has 0 aromatic carbocycles. The van der Waals surface area contributed by atoms with Crippen LogP contribution in [0.4, 0.5) is 0 Å². The molecule has 1 aliphatic heterocycles. The van der Waals surface area contributed by atoms with Crippen molar-refractivity contribution in [1.82, 2.24) is 9.97 Å². The molecule has 78 valence electrons. The number of hydrogen-bond acceptors (Lipinski definition) is 3. The highest BCUT2D eigenvalue weighted by molar-refractivity contribution is 5.76. The van der Waals surface area contributed by atoms with Gasteiger partial charge >= 0.3 is 0 Å². The van der Waals surface area contributed by atoms with Crippen molar-refractivity contribution in [3.8, 4) is 5.75 Å². The lowest BCUT2D eigenvalue weighted by Gasteiger charge is -2.10. The SMILES string of the molecule is c1cc2cc(O[C@@H]3CCOC3)cnc2[nH]1. The number of nitrogens with zero attached hydrogens (tertiary/aromatic N) is 1. The zero-order chi connectivity index (χ0) is 10.1. The van der Waals surface area contributed by atoms with E-state index in [-0.39, 0.29) is 6.10 Å². The summed E-state index contributed by atoms with van der Waals surface area (Å²) in [5.74, 6) is 0.817. The van der Waals surface area contributed by atoms with E-state index in [0.29, 0.717) is 6.61 Å². The van der Waals surface area contributed by atoms with Crippen molar-refractivity contribution in [3.05, 3.63) is 24.5 Å². The summed E-state index contributed by atoms with van der Waals surface area (Å²) in [6.07, 6.45) is 4.77. The Morgan fingerprint density at radius 1 is 1.53 bits per heavy atom. The Hall–Kier alpha value is -1.55. The van der Waals surface area contributed by atoms with Crippen LogP contribution in [0.2, 0.25) is 0 Å². The lowest BCUT2D eigenvalue weighted by Crippen LogP contribution is -2.15. The summed E-state index contributed by atoms with van der Waals surface area (Å²) in [6.45, 7) is 1.48. The Morgan fingerprint density at radius 2 is 2.53 bits per heavy atom. The van der Waals surface area contributed by atoms with Crippen LogP contribution in [0, 0.1) is 0 Å². The largest absolute Gasteiger partial charge is 0.486 e. The fourth-order valence-electron chi connectivity index (χ4n) is 1.78. The molecular weight excluding hydrogens is 192 g/mol. The fraction of sp³-hybridized carbons (Fsp3) is 0.364. The van der Waals surface area contributed by atoms with Crippen molar-refractivity contribution >= 4 is 11.0 Å². The summed E-state index contributed by atoms with van der Waals surface area (Å²) in [4.78, 5) is 7.31. The first-order valence-corrected chi connectivity index (χ1v) is 5.09. The number of fused-ring (bicyclic) bond motifs is 1. The molecule has 0 spiro atoms. The average Bonchev–Trinajstić information content (AvgIpc) is 2.87. The number of ether oxygens (including phenoxy) is 2. The van der Waals surface area contributed by atoms with Gasteiger partial charge in [-0.1, -0.05) is 0 Å². The second-order valence-electron chi connectivity index (χ2n) is 3.69. The molecule has 3 heterocycles. The standard InChI is InChI=1S/C11H12N2O2/c1-3-12-11-8(1)5-10(6-13-11)15-9-2-4-14-7-9/h1,3,5-6,9H,2,4,7H2,(H,12,13)/t9-/m1/s1. The molecule has 0 radical (unpaired) electrons. The maximum absolute atomic E-state index is 5.75. The maximum Gasteiger partial charge on any atom is 0.138 e.